The molecule has 2 aliphatic rings. The number of piperidine rings is 1. The minimum Gasteiger partial charge on any atom is -0.481 e. The summed E-state index contributed by atoms with van der Waals surface area (Å²) in [5.74, 6) is -0.905. The number of carbonyl (C=O) groups excluding carboxylic acids is 1. The van der Waals surface area contributed by atoms with E-state index >= 15 is 0 Å². The van der Waals surface area contributed by atoms with Crippen molar-refractivity contribution in [3.05, 3.63) is 0 Å². The van der Waals surface area contributed by atoms with Gasteiger partial charge < -0.3 is 14.7 Å². The fourth-order valence-corrected chi connectivity index (χ4v) is 2.59. The fraction of sp³-hybridized carbons (Fsp3) is 0.833. The zero-order valence-corrected chi connectivity index (χ0v) is 10.1. The second-order valence-electron chi connectivity index (χ2n) is 5.01. The van der Waals surface area contributed by atoms with Crippen molar-refractivity contribution >= 4 is 11.9 Å². The number of carbonyl (C=O) groups is 2. The molecule has 2 heterocycles. The van der Waals surface area contributed by atoms with E-state index in [0.29, 0.717) is 32.5 Å². The second-order valence-corrected chi connectivity index (χ2v) is 5.01. The van der Waals surface area contributed by atoms with Crippen molar-refractivity contribution in [2.45, 2.75) is 32.3 Å². The van der Waals surface area contributed by atoms with Gasteiger partial charge in [-0.1, -0.05) is 0 Å². The Kier molecular flexibility index (Phi) is 3.66. The predicted octanol–water partition coefficient (Wildman–Crippen LogP) is 0.735. The molecule has 1 amide bonds. The van der Waals surface area contributed by atoms with Crippen LogP contribution in [0.25, 0.3) is 0 Å². The number of rotatable bonds is 2. The summed E-state index contributed by atoms with van der Waals surface area (Å²) in [4.78, 5) is 24.7. The van der Waals surface area contributed by atoms with Crippen LogP contribution in [0.1, 0.15) is 26.2 Å². The highest BCUT2D eigenvalue weighted by Gasteiger charge is 2.34. The predicted molar refractivity (Wildman–Crippen MR) is 60.5 cm³/mol. The molecule has 2 atom stereocenters. The first kappa shape index (κ1) is 12.4. The minimum atomic E-state index is -0.741. The smallest absolute Gasteiger partial charge is 0.306 e. The molecule has 0 spiro atoms. The highest BCUT2D eigenvalue weighted by atomic mass is 16.5. The molecule has 5 heteroatoms. The molecule has 0 saturated carbocycles. The largest absolute Gasteiger partial charge is 0.481 e. The summed E-state index contributed by atoms with van der Waals surface area (Å²) in [6.07, 6.45) is 2.10. The average molecular weight is 241 g/mol. The van der Waals surface area contributed by atoms with Crippen LogP contribution in [-0.4, -0.2) is 47.7 Å². The lowest BCUT2D eigenvalue weighted by Crippen LogP contribution is -2.43. The van der Waals surface area contributed by atoms with Crippen molar-refractivity contribution in [2.24, 2.45) is 11.8 Å². The number of ether oxygens (including phenoxy) is 1. The third kappa shape index (κ3) is 2.77. The Labute approximate surface area is 101 Å². The molecule has 2 fully saturated rings. The number of carboxylic acid groups (broad SMARTS) is 1. The summed E-state index contributed by atoms with van der Waals surface area (Å²) >= 11 is 0. The van der Waals surface area contributed by atoms with E-state index in [0.717, 1.165) is 6.42 Å². The number of hydrogen-bond acceptors (Lipinski definition) is 3. The molecule has 2 saturated heterocycles. The highest BCUT2D eigenvalue weighted by Crippen LogP contribution is 2.24. The van der Waals surface area contributed by atoms with Gasteiger partial charge >= 0.3 is 5.97 Å². The molecule has 5 nitrogen and oxygen atoms in total. The van der Waals surface area contributed by atoms with Gasteiger partial charge in [-0.2, -0.15) is 0 Å². The highest BCUT2D eigenvalue weighted by molar-refractivity contribution is 5.79. The zero-order chi connectivity index (χ0) is 12.4. The van der Waals surface area contributed by atoms with E-state index in [1.165, 1.54) is 0 Å². The van der Waals surface area contributed by atoms with Gasteiger partial charge in [0.1, 0.15) is 0 Å². The Balaban J connectivity index is 1.84. The topological polar surface area (TPSA) is 66.8 Å². The summed E-state index contributed by atoms with van der Waals surface area (Å²) in [6.45, 7) is 3.63. The molecule has 1 N–H and O–H groups in total. The third-order valence-corrected chi connectivity index (χ3v) is 3.70. The molecular formula is C12H19NO4. The first-order valence-electron chi connectivity index (χ1n) is 6.21. The van der Waals surface area contributed by atoms with E-state index in [4.69, 9.17) is 9.84 Å². The van der Waals surface area contributed by atoms with Crippen LogP contribution in [0.15, 0.2) is 0 Å². The van der Waals surface area contributed by atoms with Crippen LogP contribution in [0.2, 0.25) is 0 Å². The van der Waals surface area contributed by atoms with Crippen molar-refractivity contribution in [3.8, 4) is 0 Å². The van der Waals surface area contributed by atoms with Crippen LogP contribution >= 0.6 is 0 Å². The number of aliphatic carboxylic acids is 1. The first-order chi connectivity index (χ1) is 8.08. The SMILES string of the molecule is CC1CC(C(=O)N2CCC(C(=O)O)CC2)CO1. The van der Waals surface area contributed by atoms with Crippen molar-refractivity contribution in [1.82, 2.24) is 4.90 Å². The van der Waals surface area contributed by atoms with Crippen LogP contribution < -0.4 is 0 Å². The molecule has 2 aliphatic heterocycles. The summed E-state index contributed by atoms with van der Waals surface area (Å²) in [5.41, 5.74) is 0. The molecule has 17 heavy (non-hydrogen) atoms. The molecular weight excluding hydrogens is 222 g/mol. The Bertz CT molecular complexity index is 310. The van der Waals surface area contributed by atoms with Crippen LogP contribution in [0, 0.1) is 11.8 Å². The number of nitrogens with zero attached hydrogens (tertiary/aromatic N) is 1. The Morgan fingerprint density at radius 1 is 1.24 bits per heavy atom. The van der Waals surface area contributed by atoms with Gasteiger partial charge in [0.15, 0.2) is 0 Å². The summed E-state index contributed by atoms with van der Waals surface area (Å²) in [7, 11) is 0. The third-order valence-electron chi connectivity index (χ3n) is 3.70. The van der Waals surface area contributed by atoms with Crippen LogP contribution in [0.5, 0.6) is 0 Å². The van der Waals surface area contributed by atoms with Crippen molar-refractivity contribution in [2.75, 3.05) is 19.7 Å². The van der Waals surface area contributed by atoms with Gasteiger partial charge in [-0.05, 0) is 26.2 Å². The van der Waals surface area contributed by atoms with Gasteiger partial charge in [-0.3, -0.25) is 9.59 Å². The Morgan fingerprint density at radius 3 is 2.35 bits per heavy atom. The van der Waals surface area contributed by atoms with Gasteiger partial charge in [-0.25, -0.2) is 0 Å². The molecule has 96 valence electrons. The van der Waals surface area contributed by atoms with Gasteiger partial charge in [0.05, 0.1) is 24.5 Å². The van der Waals surface area contributed by atoms with E-state index in [9.17, 15) is 9.59 Å². The number of likely N-dealkylation sites (tertiary alicyclic amines) is 1. The molecule has 0 aliphatic carbocycles. The van der Waals surface area contributed by atoms with Crippen molar-refractivity contribution in [3.63, 3.8) is 0 Å². The van der Waals surface area contributed by atoms with Crippen LogP contribution in [0.4, 0.5) is 0 Å². The van der Waals surface area contributed by atoms with Gasteiger partial charge in [0, 0.05) is 13.1 Å². The minimum absolute atomic E-state index is 0.0219. The zero-order valence-electron chi connectivity index (χ0n) is 10.1. The molecule has 0 aromatic carbocycles. The second kappa shape index (κ2) is 5.04. The van der Waals surface area contributed by atoms with Gasteiger partial charge in [0.2, 0.25) is 5.91 Å². The normalized spacial score (nSPS) is 30.5. The maximum atomic E-state index is 12.1. The number of carboxylic acids is 1. The standard InChI is InChI=1S/C12H19NO4/c1-8-6-10(7-17-8)11(14)13-4-2-9(3-5-13)12(15)16/h8-10H,2-7H2,1H3,(H,15,16). The maximum Gasteiger partial charge on any atom is 0.306 e. The summed E-state index contributed by atoms with van der Waals surface area (Å²) in [6, 6.07) is 0. The molecule has 2 unspecified atom stereocenters. The van der Waals surface area contributed by atoms with E-state index < -0.39 is 5.97 Å². The van der Waals surface area contributed by atoms with Gasteiger partial charge in [-0.15, -0.1) is 0 Å². The number of amides is 1. The van der Waals surface area contributed by atoms with E-state index in [2.05, 4.69) is 0 Å². The first-order valence-corrected chi connectivity index (χ1v) is 6.21. The Hall–Kier alpha value is -1.10. The number of hydrogen-bond donors (Lipinski definition) is 1. The lowest BCUT2D eigenvalue weighted by atomic mass is 9.95. The summed E-state index contributed by atoms with van der Waals surface area (Å²) in [5, 5.41) is 8.89. The molecule has 2 rings (SSSR count). The monoisotopic (exact) mass is 241 g/mol. The van der Waals surface area contributed by atoms with Crippen molar-refractivity contribution in [1.29, 1.82) is 0 Å². The molecule has 0 aromatic heterocycles. The van der Waals surface area contributed by atoms with E-state index in [1.54, 1.807) is 4.90 Å². The van der Waals surface area contributed by atoms with Crippen LogP contribution in [-0.2, 0) is 14.3 Å². The van der Waals surface area contributed by atoms with Gasteiger partial charge in [0.25, 0.3) is 0 Å². The van der Waals surface area contributed by atoms with E-state index in [-0.39, 0.29) is 23.8 Å². The lowest BCUT2D eigenvalue weighted by molar-refractivity contribution is -0.146. The Morgan fingerprint density at radius 2 is 1.88 bits per heavy atom. The quantitative estimate of drug-likeness (QED) is 0.774. The van der Waals surface area contributed by atoms with E-state index in [1.807, 2.05) is 6.92 Å². The summed E-state index contributed by atoms with van der Waals surface area (Å²) < 4.78 is 5.40. The molecule has 0 radical (unpaired) electrons. The van der Waals surface area contributed by atoms with Crippen molar-refractivity contribution < 1.29 is 19.4 Å². The molecule has 0 bridgehead atoms. The average Bonchev–Trinajstić information content (AvgIpc) is 2.75. The molecule has 0 aromatic rings. The van der Waals surface area contributed by atoms with Crippen LogP contribution in [0.3, 0.4) is 0 Å². The lowest BCUT2D eigenvalue weighted by Gasteiger charge is -2.31. The maximum absolute atomic E-state index is 12.1. The fourth-order valence-electron chi connectivity index (χ4n) is 2.59.